The van der Waals surface area contributed by atoms with Crippen molar-refractivity contribution < 1.29 is 9.21 Å². The minimum absolute atomic E-state index is 0. The Balaban J connectivity index is 0.00000324. The summed E-state index contributed by atoms with van der Waals surface area (Å²) < 4.78 is 5.49. The Bertz CT molecular complexity index is 392. The quantitative estimate of drug-likeness (QED) is 0.875. The van der Waals surface area contributed by atoms with Crippen LogP contribution in [-0.4, -0.2) is 24.4 Å². The molecule has 1 rings (SSSR count). The number of carbonyl (C=O) groups excluding carboxylic acids is 1. The van der Waals surface area contributed by atoms with Gasteiger partial charge in [-0.1, -0.05) is 13.8 Å². The highest BCUT2D eigenvalue weighted by Gasteiger charge is 2.35. The van der Waals surface area contributed by atoms with Crippen LogP contribution in [0.1, 0.15) is 38.2 Å². The summed E-state index contributed by atoms with van der Waals surface area (Å²) in [6.07, 6.45) is 1.53. The molecule has 0 aromatic carbocycles. The SMILES string of the molecule is CCC(CC)(CN)C(=O)N(C)Cc1ccc(C)o1.Cl. The molecular formula is C14H25ClN2O2. The molecule has 1 amide bonds. The molecule has 0 atom stereocenters. The van der Waals surface area contributed by atoms with Crippen LogP contribution >= 0.6 is 12.4 Å². The second-order valence-corrected chi connectivity index (χ2v) is 4.87. The van der Waals surface area contributed by atoms with Crippen molar-refractivity contribution in [2.24, 2.45) is 11.1 Å². The molecule has 0 saturated heterocycles. The molecule has 1 aromatic rings. The zero-order valence-electron chi connectivity index (χ0n) is 12.2. The maximum atomic E-state index is 12.5. The van der Waals surface area contributed by atoms with Crippen LogP contribution in [0.4, 0.5) is 0 Å². The van der Waals surface area contributed by atoms with Crippen LogP contribution in [0, 0.1) is 12.3 Å². The third-order valence-electron chi connectivity index (χ3n) is 3.73. The molecule has 1 heterocycles. The molecule has 0 aliphatic heterocycles. The predicted molar refractivity (Wildman–Crippen MR) is 79.2 cm³/mol. The van der Waals surface area contributed by atoms with E-state index >= 15 is 0 Å². The lowest BCUT2D eigenvalue weighted by molar-refractivity contribution is -0.141. The molecule has 0 aliphatic carbocycles. The van der Waals surface area contributed by atoms with Crippen molar-refractivity contribution in [3.63, 3.8) is 0 Å². The van der Waals surface area contributed by atoms with E-state index in [1.54, 1.807) is 11.9 Å². The molecular weight excluding hydrogens is 264 g/mol. The fourth-order valence-electron chi connectivity index (χ4n) is 2.21. The van der Waals surface area contributed by atoms with Gasteiger partial charge in [-0.3, -0.25) is 4.79 Å². The maximum Gasteiger partial charge on any atom is 0.230 e. The average Bonchev–Trinajstić information content (AvgIpc) is 2.77. The fraction of sp³-hybridized carbons (Fsp3) is 0.643. The maximum absolute atomic E-state index is 12.5. The highest BCUT2D eigenvalue weighted by atomic mass is 35.5. The van der Waals surface area contributed by atoms with Crippen molar-refractivity contribution in [1.82, 2.24) is 4.90 Å². The Hall–Kier alpha value is -1.00. The van der Waals surface area contributed by atoms with Crippen LogP contribution in [0.25, 0.3) is 0 Å². The van der Waals surface area contributed by atoms with E-state index in [1.807, 2.05) is 32.9 Å². The smallest absolute Gasteiger partial charge is 0.230 e. The van der Waals surface area contributed by atoms with Gasteiger partial charge in [0, 0.05) is 13.6 Å². The monoisotopic (exact) mass is 288 g/mol. The second-order valence-electron chi connectivity index (χ2n) is 4.87. The van der Waals surface area contributed by atoms with Crippen molar-refractivity contribution in [1.29, 1.82) is 0 Å². The summed E-state index contributed by atoms with van der Waals surface area (Å²) in [6, 6.07) is 3.81. The zero-order chi connectivity index (χ0) is 13.8. The third-order valence-corrected chi connectivity index (χ3v) is 3.73. The van der Waals surface area contributed by atoms with Crippen molar-refractivity contribution in [2.45, 2.75) is 40.2 Å². The van der Waals surface area contributed by atoms with E-state index in [2.05, 4.69) is 0 Å². The summed E-state index contributed by atoms with van der Waals surface area (Å²) >= 11 is 0. The van der Waals surface area contributed by atoms with Gasteiger partial charge in [0.2, 0.25) is 5.91 Å². The van der Waals surface area contributed by atoms with E-state index in [0.717, 1.165) is 24.4 Å². The van der Waals surface area contributed by atoms with E-state index in [9.17, 15) is 4.79 Å². The van der Waals surface area contributed by atoms with Gasteiger partial charge >= 0.3 is 0 Å². The van der Waals surface area contributed by atoms with Crippen LogP contribution < -0.4 is 5.73 Å². The summed E-state index contributed by atoms with van der Waals surface area (Å²) in [7, 11) is 1.80. The lowest BCUT2D eigenvalue weighted by Crippen LogP contribution is -2.45. The number of rotatable bonds is 6. The zero-order valence-corrected chi connectivity index (χ0v) is 13.0. The van der Waals surface area contributed by atoms with Crippen molar-refractivity contribution in [3.8, 4) is 0 Å². The van der Waals surface area contributed by atoms with Gasteiger partial charge < -0.3 is 15.1 Å². The molecule has 4 nitrogen and oxygen atoms in total. The fourth-order valence-corrected chi connectivity index (χ4v) is 2.21. The average molecular weight is 289 g/mol. The molecule has 0 aliphatic rings. The van der Waals surface area contributed by atoms with E-state index in [1.165, 1.54) is 0 Å². The number of nitrogens with two attached hydrogens (primary N) is 1. The molecule has 0 spiro atoms. The van der Waals surface area contributed by atoms with Crippen LogP contribution in [0.15, 0.2) is 16.5 Å². The van der Waals surface area contributed by atoms with Crippen LogP contribution in [0.3, 0.4) is 0 Å². The Morgan fingerprint density at radius 2 is 1.95 bits per heavy atom. The summed E-state index contributed by atoms with van der Waals surface area (Å²) in [5.74, 6) is 1.77. The van der Waals surface area contributed by atoms with Gasteiger partial charge in [-0.2, -0.15) is 0 Å². The van der Waals surface area contributed by atoms with E-state index in [4.69, 9.17) is 10.2 Å². The molecule has 0 fully saturated rings. The highest BCUT2D eigenvalue weighted by Crippen LogP contribution is 2.28. The standard InChI is InChI=1S/C14H24N2O2.ClH/c1-5-14(6-2,10-15)13(17)16(4)9-12-8-7-11(3)18-12;/h7-8H,5-6,9-10,15H2,1-4H3;1H. The molecule has 0 bridgehead atoms. The Morgan fingerprint density at radius 1 is 1.37 bits per heavy atom. The number of carbonyl (C=O) groups is 1. The minimum Gasteiger partial charge on any atom is -0.464 e. The van der Waals surface area contributed by atoms with Gasteiger partial charge in [0.25, 0.3) is 0 Å². The van der Waals surface area contributed by atoms with E-state index in [-0.39, 0.29) is 18.3 Å². The summed E-state index contributed by atoms with van der Waals surface area (Å²) in [5.41, 5.74) is 5.36. The predicted octanol–water partition coefficient (Wildman–Crippen LogP) is 2.73. The van der Waals surface area contributed by atoms with Gasteiger partial charge in [0.05, 0.1) is 12.0 Å². The highest BCUT2D eigenvalue weighted by molar-refractivity contribution is 5.85. The molecule has 1 aromatic heterocycles. The topological polar surface area (TPSA) is 59.5 Å². The summed E-state index contributed by atoms with van der Waals surface area (Å²) in [6.45, 7) is 6.81. The van der Waals surface area contributed by atoms with Gasteiger partial charge in [-0.15, -0.1) is 12.4 Å². The van der Waals surface area contributed by atoms with Gasteiger partial charge in [-0.05, 0) is 31.9 Å². The number of hydrogen-bond acceptors (Lipinski definition) is 3. The number of hydrogen-bond donors (Lipinski definition) is 1. The van der Waals surface area contributed by atoms with Crippen LogP contribution in [-0.2, 0) is 11.3 Å². The first-order valence-electron chi connectivity index (χ1n) is 6.50. The molecule has 0 radical (unpaired) electrons. The number of aryl methyl sites for hydroxylation is 1. The van der Waals surface area contributed by atoms with Gasteiger partial charge in [-0.25, -0.2) is 0 Å². The lowest BCUT2D eigenvalue weighted by Gasteiger charge is -2.32. The minimum atomic E-state index is -0.434. The molecule has 5 heteroatoms. The van der Waals surface area contributed by atoms with E-state index < -0.39 is 5.41 Å². The van der Waals surface area contributed by atoms with Crippen molar-refractivity contribution >= 4 is 18.3 Å². The summed E-state index contributed by atoms with van der Waals surface area (Å²) in [5, 5.41) is 0. The molecule has 2 N–H and O–H groups in total. The first-order chi connectivity index (χ1) is 8.49. The Labute approximate surface area is 121 Å². The lowest BCUT2D eigenvalue weighted by atomic mass is 9.81. The normalized spacial score (nSPS) is 11.0. The number of halogens is 1. The largest absolute Gasteiger partial charge is 0.464 e. The first kappa shape index (κ1) is 18.0. The third kappa shape index (κ3) is 3.98. The van der Waals surface area contributed by atoms with Crippen molar-refractivity contribution in [2.75, 3.05) is 13.6 Å². The van der Waals surface area contributed by atoms with E-state index in [0.29, 0.717) is 13.1 Å². The van der Waals surface area contributed by atoms with Crippen LogP contribution in [0.5, 0.6) is 0 Å². The Morgan fingerprint density at radius 3 is 2.32 bits per heavy atom. The van der Waals surface area contributed by atoms with Crippen LogP contribution in [0.2, 0.25) is 0 Å². The number of nitrogens with zero attached hydrogens (tertiary/aromatic N) is 1. The second kappa shape index (κ2) is 7.56. The molecule has 0 unspecified atom stereocenters. The van der Waals surface area contributed by atoms with Gasteiger partial charge in [0.15, 0.2) is 0 Å². The van der Waals surface area contributed by atoms with Gasteiger partial charge in [0.1, 0.15) is 11.5 Å². The molecule has 19 heavy (non-hydrogen) atoms. The summed E-state index contributed by atoms with van der Waals surface area (Å²) in [4.78, 5) is 14.2. The number of furan rings is 1. The first-order valence-corrected chi connectivity index (χ1v) is 6.50. The Kier molecular flexibility index (Phi) is 7.16. The molecule has 0 saturated carbocycles. The number of amides is 1. The molecule has 110 valence electrons. The van der Waals surface area contributed by atoms with Crippen molar-refractivity contribution in [3.05, 3.63) is 23.7 Å².